The molecule has 0 bridgehead atoms. The number of carbonyl (C=O) groups is 1. The fraction of sp³-hybridized carbons (Fsp3) is 0.714. The molecule has 2 heterocycles. The Morgan fingerprint density at radius 3 is 2.60 bits per heavy atom. The summed E-state index contributed by atoms with van der Waals surface area (Å²) in [6.45, 7) is 7.19. The van der Waals surface area contributed by atoms with Crippen LogP contribution in [-0.4, -0.2) is 30.8 Å². The van der Waals surface area contributed by atoms with Crippen LogP contribution in [0.15, 0.2) is 4.52 Å². The van der Waals surface area contributed by atoms with Crippen molar-refractivity contribution in [2.45, 2.75) is 39.7 Å². The third-order valence-electron chi connectivity index (χ3n) is 4.19. The van der Waals surface area contributed by atoms with Crippen molar-refractivity contribution in [2.75, 3.05) is 19.8 Å². The summed E-state index contributed by atoms with van der Waals surface area (Å²) in [5.74, 6) is 0.736. The van der Waals surface area contributed by atoms with E-state index in [1.54, 1.807) is 0 Å². The molecule has 20 heavy (non-hydrogen) atoms. The molecule has 1 aromatic heterocycles. The van der Waals surface area contributed by atoms with Gasteiger partial charge in [0.2, 0.25) is 5.91 Å². The third kappa shape index (κ3) is 2.71. The van der Waals surface area contributed by atoms with Crippen molar-refractivity contribution >= 4 is 5.91 Å². The molecule has 112 valence electrons. The van der Waals surface area contributed by atoms with Gasteiger partial charge in [-0.05, 0) is 33.6 Å². The van der Waals surface area contributed by atoms with E-state index in [1.165, 1.54) is 0 Å². The summed E-state index contributed by atoms with van der Waals surface area (Å²) in [6.07, 6.45) is 1.34. The Kier molecular flexibility index (Phi) is 4.45. The second kappa shape index (κ2) is 5.93. The highest BCUT2D eigenvalue weighted by molar-refractivity contribution is 5.83. The first-order valence-electron chi connectivity index (χ1n) is 7.02. The maximum absolute atomic E-state index is 12.6. The monoisotopic (exact) mass is 281 g/mol. The third-order valence-corrected chi connectivity index (χ3v) is 4.19. The van der Waals surface area contributed by atoms with Gasteiger partial charge in [-0.2, -0.15) is 0 Å². The van der Waals surface area contributed by atoms with Crippen LogP contribution in [0.2, 0.25) is 0 Å². The van der Waals surface area contributed by atoms with E-state index in [4.69, 9.17) is 15.0 Å². The van der Waals surface area contributed by atoms with Gasteiger partial charge in [0.05, 0.1) is 17.2 Å². The molecule has 0 aromatic carbocycles. The van der Waals surface area contributed by atoms with Crippen LogP contribution in [0.25, 0.3) is 0 Å². The Balaban J connectivity index is 2.10. The Hall–Kier alpha value is -1.40. The molecule has 1 aliphatic heterocycles. The van der Waals surface area contributed by atoms with Crippen LogP contribution in [0.3, 0.4) is 0 Å². The van der Waals surface area contributed by atoms with Crippen LogP contribution >= 0.6 is 0 Å². The summed E-state index contributed by atoms with van der Waals surface area (Å²) in [5, 5.41) is 6.97. The number of hydrogen-bond acceptors (Lipinski definition) is 5. The lowest BCUT2D eigenvalue weighted by Crippen LogP contribution is -2.49. The lowest BCUT2D eigenvalue weighted by Gasteiger charge is -2.35. The van der Waals surface area contributed by atoms with Gasteiger partial charge >= 0.3 is 0 Å². The molecule has 0 aliphatic carbocycles. The van der Waals surface area contributed by atoms with Crippen molar-refractivity contribution in [1.29, 1.82) is 0 Å². The predicted octanol–water partition coefficient (Wildman–Crippen LogP) is 1.22. The maximum Gasteiger partial charge on any atom is 0.228 e. The van der Waals surface area contributed by atoms with Gasteiger partial charge in [0.25, 0.3) is 0 Å². The lowest BCUT2D eigenvalue weighted by atomic mass is 9.79. The molecule has 0 saturated carbocycles. The second-order valence-corrected chi connectivity index (χ2v) is 5.53. The molecule has 1 aromatic rings. The molecule has 1 aliphatic rings. The van der Waals surface area contributed by atoms with Gasteiger partial charge < -0.3 is 20.3 Å². The van der Waals surface area contributed by atoms with Gasteiger partial charge in [-0.25, -0.2) is 0 Å². The molecule has 6 heteroatoms. The first-order valence-corrected chi connectivity index (χ1v) is 7.02. The number of rotatable bonds is 4. The number of nitrogens with two attached hydrogens (primary N) is 1. The predicted molar refractivity (Wildman–Crippen MR) is 74.1 cm³/mol. The molecule has 0 spiro atoms. The van der Waals surface area contributed by atoms with Gasteiger partial charge in [0.15, 0.2) is 0 Å². The van der Waals surface area contributed by atoms with E-state index in [-0.39, 0.29) is 11.9 Å². The van der Waals surface area contributed by atoms with Gasteiger partial charge in [-0.1, -0.05) is 5.16 Å². The van der Waals surface area contributed by atoms with Gasteiger partial charge in [0.1, 0.15) is 5.76 Å². The molecule has 1 amide bonds. The Morgan fingerprint density at radius 1 is 1.45 bits per heavy atom. The average Bonchev–Trinajstić information content (AvgIpc) is 2.78. The summed E-state index contributed by atoms with van der Waals surface area (Å²) in [5.41, 5.74) is 7.09. The Bertz CT molecular complexity index is 459. The number of ether oxygens (including phenoxy) is 1. The van der Waals surface area contributed by atoms with E-state index >= 15 is 0 Å². The quantitative estimate of drug-likeness (QED) is 0.866. The van der Waals surface area contributed by atoms with E-state index in [0.717, 1.165) is 17.0 Å². The number of amides is 1. The Morgan fingerprint density at radius 2 is 2.10 bits per heavy atom. The SMILES string of the molecule is Cc1noc(C)c1C(C)NC(=O)C1(CN)CCOCC1. The maximum atomic E-state index is 12.6. The highest BCUT2D eigenvalue weighted by atomic mass is 16.5. The molecule has 2 rings (SSSR count). The van der Waals surface area contributed by atoms with E-state index in [9.17, 15) is 4.79 Å². The normalized spacial score (nSPS) is 19.6. The van der Waals surface area contributed by atoms with Crippen molar-refractivity contribution in [3.63, 3.8) is 0 Å². The smallest absolute Gasteiger partial charge is 0.228 e. The van der Waals surface area contributed by atoms with E-state index in [2.05, 4.69) is 10.5 Å². The minimum Gasteiger partial charge on any atom is -0.381 e. The van der Waals surface area contributed by atoms with Crippen LogP contribution in [0.5, 0.6) is 0 Å². The summed E-state index contributed by atoms with van der Waals surface area (Å²) in [4.78, 5) is 12.6. The minimum absolute atomic E-state index is 0.00389. The molecule has 1 fully saturated rings. The van der Waals surface area contributed by atoms with Crippen molar-refractivity contribution in [3.05, 3.63) is 17.0 Å². The van der Waals surface area contributed by atoms with Crippen molar-refractivity contribution in [1.82, 2.24) is 10.5 Å². The number of aromatic nitrogens is 1. The van der Waals surface area contributed by atoms with Gasteiger partial charge in [0, 0.05) is 25.3 Å². The molecule has 1 saturated heterocycles. The Labute approximate surface area is 119 Å². The van der Waals surface area contributed by atoms with Gasteiger partial charge in [-0.15, -0.1) is 0 Å². The standard InChI is InChI=1S/C14H23N3O3/c1-9(12-10(2)17-20-11(12)3)16-13(18)14(8-15)4-6-19-7-5-14/h9H,4-8,15H2,1-3H3,(H,16,18). The molecule has 0 radical (unpaired) electrons. The minimum atomic E-state index is -0.508. The number of carbonyl (C=O) groups excluding carboxylic acids is 1. The molecular weight excluding hydrogens is 258 g/mol. The van der Waals surface area contributed by atoms with E-state index < -0.39 is 5.41 Å². The molecule has 1 unspecified atom stereocenters. The second-order valence-electron chi connectivity index (χ2n) is 5.53. The fourth-order valence-corrected chi connectivity index (χ4v) is 2.82. The number of nitrogens with one attached hydrogen (secondary N) is 1. The summed E-state index contributed by atoms with van der Waals surface area (Å²) < 4.78 is 10.5. The first kappa shape index (κ1) is 15.0. The van der Waals surface area contributed by atoms with Crippen LogP contribution < -0.4 is 11.1 Å². The first-order chi connectivity index (χ1) is 9.50. The summed E-state index contributed by atoms with van der Waals surface area (Å²) in [6, 6.07) is -0.139. The highest BCUT2D eigenvalue weighted by Crippen LogP contribution is 2.31. The van der Waals surface area contributed by atoms with Crippen molar-refractivity contribution in [2.24, 2.45) is 11.1 Å². The largest absolute Gasteiger partial charge is 0.381 e. The van der Waals surface area contributed by atoms with Crippen molar-refractivity contribution < 1.29 is 14.1 Å². The van der Waals surface area contributed by atoms with E-state index in [1.807, 2.05) is 20.8 Å². The van der Waals surface area contributed by atoms with Crippen LogP contribution in [0, 0.1) is 19.3 Å². The van der Waals surface area contributed by atoms with Crippen LogP contribution in [0.1, 0.15) is 42.8 Å². The van der Waals surface area contributed by atoms with Crippen LogP contribution in [0.4, 0.5) is 0 Å². The topological polar surface area (TPSA) is 90.4 Å². The lowest BCUT2D eigenvalue weighted by molar-refractivity contribution is -0.136. The zero-order valence-electron chi connectivity index (χ0n) is 12.4. The van der Waals surface area contributed by atoms with Gasteiger partial charge in [-0.3, -0.25) is 4.79 Å². The average molecular weight is 281 g/mol. The highest BCUT2D eigenvalue weighted by Gasteiger charge is 2.39. The van der Waals surface area contributed by atoms with Crippen LogP contribution in [-0.2, 0) is 9.53 Å². The molecule has 6 nitrogen and oxygen atoms in total. The number of aryl methyl sites for hydroxylation is 2. The van der Waals surface area contributed by atoms with Crippen molar-refractivity contribution in [3.8, 4) is 0 Å². The van der Waals surface area contributed by atoms with E-state index in [0.29, 0.717) is 32.6 Å². The fourth-order valence-electron chi connectivity index (χ4n) is 2.82. The zero-order chi connectivity index (χ0) is 14.8. The molecule has 3 N–H and O–H groups in total. The molecular formula is C14H23N3O3. The zero-order valence-corrected chi connectivity index (χ0v) is 12.4. The summed E-state index contributed by atoms with van der Waals surface area (Å²) >= 11 is 0. The molecule has 1 atom stereocenters. The number of hydrogen-bond donors (Lipinski definition) is 2. The summed E-state index contributed by atoms with van der Waals surface area (Å²) in [7, 11) is 0. The number of nitrogens with zero attached hydrogens (tertiary/aromatic N) is 1.